The summed E-state index contributed by atoms with van der Waals surface area (Å²) < 4.78 is 5.57. The lowest BCUT2D eigenvalue weighted by Gasteiger charge is -1.98. The van der Waals surface area contributed by atoms with Gasteiger partial charge in [0.05, 0.1) is 10.7 Å². The molecule has 0 amide bonds. The SMILES string of the molecule is Cc1nc(CCNc2nc3ccccc3o2)cs1. The third kappa shape index (κ3) is 2.36. The molecule has 0 unspecified atom stereocenters. The van der Waals surface area contributed by atoms with Crippen molar-refractivity contribution in [2.24, 2.45) is 0 Å². The molecule has 2 heterocycles. The number of nitrogens with one attached hydrogen (secondary N) is 1. The van der Waals surface area contributed by atoms with Crippen molar-refractivity contribution < 1.29 is 4.42 Å². The monoisotopic (exact) mass is 259 g/mol. The van der Waals surface area contributed by atoms with Crippen molar-refractivity contribution in [1.29, 1.82) is 0 Å². The lowest BCUT2D eigenvalue weighted by atomic mass is 10.3. The van der Waals surface area contributed by atoms with Crippen LogP contribution in [0.3, 0.4) is 0 Å². The fourth-order valence-electron chi connectivity index (χ4n) is 1.77. The molecule has 0 radical (unpaired) electrons. The van der Waals surface area contributed by atoms with Gasteiger partial charge in [0.1, 0.15) is 5.52 Å². The molecule has 18 heavy (non-hydrogen) atoms. The lowest BCUT2D eigenvalue weighted by molar-refractivity contribution is 0.614. The van der Waals surface area contributed by atoms with Crippen LogP contribution in [0.5, 0.6) is 0 Å². The summed E-state index contributed by atoms with van der Waals surface area (Å²) in [7, 11) is 0. The van der Waals surface area contributed by atoms with E-state index in [2.05, 4.69) is 20.7 Å². The van der Waals surface area contributed by atoms with Crippen LogP contribution in [0.15, 0.2) is 34.1 Å². The van der Waals surface area contributed by atoms with E-state index in [-0.39, 0.29) is 0 Å². The molecule has 4 nitrogen and oxygen atoms in total. The van der Waals surface area contributed by atoms with Crippen LogP contribution in [0.4, 0.5) is 6.01 Å². The Morgan fingerprint density at radius 2 is 2.17 bits per heavy atom. The van der Waals surface area contributed by atoms with Crippen LogP contribution in [0.2, 0.25) is 0 Å². The Kier molecular flexibility index (Phi) is 2.98. The third-order valence-electron chi connectivity index (χ3n) is 2.62. The summed E-state index contributed by atoms with van der Waals surface area (Å²) in [6, 6.07) is 8.32. The molecular weight excluding hydrogens is 246 g/mol. The first-order valence-corrected chi connectivity index (χ1v) is 6.70. The van der Waals surface area contributed by atoms with Crippen LogP contribution in [-0.2, 0) is 6.42 Å². The van der Waals surface area contributed by atoms with Crippen LogP contribution >= 0.6 is 11.3 Å². The van der Waals surface area contributed by atoms with Crippen LogP contribution in [0, 0.1) is 6.92 Å². The Balaban J connectivity index is 1.62. The molecule has 5 heteroatoms. The number of nitrogens with zero attached hydrogens (tertiary/aromatic N) is 2. The van der Waals surface area contributed by atoms with E-state index in [9.17, 15) is 0 Å². The second-order valence-electron chi connectivity index (χ2n) is 4.02. The van der Waals surface area contributed by atoms with E-state index in [4.69, 9.17) is 4.42 Å². The molecule has 3 aromatic rings. The minimum Gasteiger partial charge on any atom is -0.424 e. The maximum atomic E-state index is 5.57. The molecule has 0 aliphatic heterocycles. The van der Waals surface area contributed by atoms with Crippen molar-refractivity contribution in [1.82, 2.24) is 9.97 Å². The number of fused-ring (bicyclic) bond motifs is 1. The van der Waals surface area contributed by atoms with Gasteiger partial charge in [-0.15, -0.1) is 11.3 Å². The van der Waals surface area contributed by atoms with Gasteiger partial charge in [-0.1, -0.05) is 12.1 Å². The van der Waals surface area contributed by atoms with Gasteiger partial charge in [0, 0.05) is 18.3 Å². The highest BCUT2D eigenvalue weighted by molar-refractivity contribution is 7.09. The zero-order valence-corrected chi connectivity index (χ0v) is 10.8. The summed E-state index contributed by atoms with van der Waals surface area (Å²) in [6.07, 6.45) is 0.878. The van der Waals surface area contributed by atoms with E-state index in [0.717, 1.165) is 34.8 Å². The zero-order chi connectivity index (χ0) is 12.4. The summed E-state index contributed by atoms with van der Waals surface area (Å²) >= 11 is 1.68. The highest BCUT2D eigenvalue weighted by Crippen LogP contribution is 2.18. The predicted molar refractivity (Wildman–Crippen MR) is 73.1 cm³/mol. The largest absolute Gasteiger partial charge is 0.424 e. The van der Waals surface area contributed by atoms with Crippen molar-refractivity contribution in [3.05, 3.63) is 40.3 Å². The highest BCUT2D eigenvalue weighted by Gasteiger charge is 2.04. The maximum absolute atomic E-state index is 5.57. The number of aryl methyl sites for hydroxylation is 1. The average molecular weight is 259 g/mol. The second kappa shape index (κ2) is 4.78. The van der Waals surface area contributed by atoms with Gasteiger partial charge in [0.2, 0.25) is 0 Å². The minimum absolute atomic E-state index is 0.572. The molecule has 92 valence electrons. The van der Waals surface area contributed by atoms with E-state index < -0.39 is 0 Å². The van der Waals surface area contributed by atoms with Crippen molar-refractivity contribution in [3.63, 3.8) is 0 Å². The summed E-state index contributed by atoms with van der Waals surface area (Å²) in [6.45, 7) is 2.79. The summed E-state index contributed by atoms with van der Waals surface area (Å²) in [4.78, 5) is 8.77. The molecule has 1 N–H and O–H groups in total. The van der Waals surface area contributed by atoms with Crippen molar-refractivity contribution in [2.45, 2.75) is 13.3 Å². The van der Waals surface area contributed by atoms with E-state index in [1.807, 2.05) is 31.2 Å². The molecule has 0 fully saturated rings. The van der Waals surface area contributed by atoms with Crippen LogP contribution < -0.4 is 5.32 Å². The molecule has 1 aromatic carbocycles. The van der Waals surface area contributed by atoms with E-state index in [0.29, 0.717) is 6.01 Å². The predicted octanol–water partition coefficient (Wildman–Crippen LogP) is 3.25. The second-order valence-corrected chi connectivity index (χ2v) is 5.08. The fraction of sp³-hybridized carbons (Fsp3) is 0.231. The Bertz CT molecular complexity index is 626. The molecule has 0 saturated heterocycles. The van der Waals surface area contributed by atoms with Gasteiger partial charge in [-0.3, -0.25) is 0 Å². The Morgan fingerprint density at radius 1 is 1.28 bits per heavy atom. The summed E-state index contributed by atoms with van der Waals surface area (Å²) in [5.41, 5.74) is 2.80. The number of benzene rings is 1. The highest BCUT2D eigenvalue weighted by atomic mass is 32.1. The fourth-order valence-corrected chi connectivity index (χ4v) is 2.42. The lowest BCUT2D eigenvalue weighted by Crippen LogP contribution is -2.05. The van der Waals surface area contributed by atoms with Crippen LogP contribution in [-0.4, -0.2) is 16.5 Å². The number of thiazole rings is 1. The van der Waals surface area contributed by atoms with Gasteiger partial charge >= 0.3 is 0 Å². The van der Waals surface area contributed by atoms with Crippen molar-refractivity contribution in [2.75, 3.05) is 11.9 Å². The van der Waals surface area contributed by atoms with Gasteiger partial charge in [0.15, 0.2) is 5.58 Å². The number of para-hydroxylation sites is 2. The summed E-state index contributed by atoms with van der Waals surface area (Å²) in [5, 5.41) is 6.37. The number of oxazole rings is 1. The number of hydrogen-bond donors (Lipinski definition) is 1. The molecule has 0 spiro atoms. The molecular formula is C13H13N3OS. The third-order valence-corrected chi connectivity index (χ3v) is 3.44. The number of rotatable bonds is 4. The molecule has 0 bridgehead atoms. The average Bonchev–Trinajstić information content (AvgIpc) is 2.95. The van der Waals surface area contributed by atoms with Gasteiger partial charge in [-0.25, -0.2) is 4.98 Å². The van der Waals surface area contributed by atoms with Gasteiger partial charge in [-0.05, 0) is 19.1 Å². The Labute approximate surface area is 109 Å². The molecule has 0 atom stereocenters. The first-order valence-electron chi connectivity index (χ1n) is 5.82. The molecule has 0 aliphatic rings. The van der Waals surface area contributed by atoms with E-state index >= 15 is 0 Å². The Morgan fingerprint density at radius 3 is 2.94 bits per heavy atom. The summed E-state index contributed by atoms with van der Waals surface area (Å²) in [5.74, 6) is 0. The molecule has 3 rings (SSSR count). The molecule has 2 aromatic heterocycles. The number of anilines is 1. The standard InChI is InChI=1S/C13H13N3OS/c1-9-15-10(8-18-9)6-7-14-13-16-11-4-2-3-5-12(11)17-13/h2-5,8H,6-7H2,1H3,(H,14,16). The first-order chi connectivity index (χ1) is 8.81. The van der Waals surface area contributed by atoms with Gasteiger partial charge < -0.3 is 9.73 Å². The molecule has 0 aliphatic carbocycles. The van der Waals surface area contributed by atoms with Crippen LogP contribution in [0.1, 0.15) is 10.7 Å². The topological polar surface area (TPSA) is 51.0 Å². The first kappa shape index (κ1) is 11.2. The quantitative estimate of drug-likeness (QED) is 0.781. The maximum Gasteiger partial charge on any atom is 0.295 e. The van der Waals surface area contributed by atoms with E-state index in [1.54, 1.807) is 11.3 Å². The zero-order valence-electron chi connectivity index (χ0n) is 10.0. The number of aromatic nitrogens is 2. The van der Waals surface area contributed by atoms with Crippen molar-refractivity contribution in [3.8, 4) is 0 Å². The van der Waals surface area contributed by atoms with Crippen molar-refractivity contribution >= 4 is 28.5 Å². The smallest absolute Gasteiger partial charge is 0.295 e. The minimum atomic E-state index is 0.572. The Hall–Kier alpha value is -1.88. The van der Waals surface area contributed by atoms with E-state index in [1.165, 1.54) is 0 Å². The van der Waals surface area contributed by atoms with Gasteiger partial charge in [-0.2, -0.15) is 4.98 Å². The number of hydrogen-bond acceptors (Lipinski definition) is 5. The normalized spacial score (nSPS) is 10.9. The molecule has 0 saturated carbocycles. The van der Waals surface area contributed by atoms with Crippen LogP contribution in [0.25, 0.3) is 11.1 Å². The van der Waals surface area contributed by atoms with Gasteiger partial charge in [0.25, 0.3) is 6.01 Å².